The van der Waals surface area contributed by atoms with Gasteiger partial charge in [0.05, 0.1) is 12.1 Å². The number of anilines is 1. The summed E-state index contributed by atoms with van der Waals surface area (Å²) in [4.78, 5) is 84.1. The number of nitrogens with two attached hydrogens (primary N) is 3. The molecule has 0 aromatic heterocycles. The van der Waals surface area contributed by atoms with Crippen LogP contribution in [0.15, 0.2) is 54.6 Å². The molecule has 64 heavy (non-hydrogen) atoms. The van der Waals surface area contributed by atoms with Crippen molar-refractivity contribution in [3.63, 3.8) is 0 Å². The molecule has 3 amide bonds. The summed E-state index contributed by atoms with van der Waals surface area (Å²) in [6.07, 6.45) is 2.53. The van der Waals surface area contributed by atoms with Crippen LogP contribution in [-0.4, -0.2) is 85.9 Å². The number of hydrogen-bond acceptors (Lipinski definition) is 12. The molecule has 8 N–H and O–H groups in total. The molecule has 15 nitrogen and oxygen atoms in total. The van der Waals surface area contributed by atoms with Crippen LogP contribution >= 0.6 is 0 Å². The SMILES string of the molecule is CCCCc1ccc(NC(=O)CCC(=O)C[C@@H](CCN)C(=O)N(C)[C@@H]2C(=O)C[C@@H](C)C(=O)N[C@H](C(=O)CCC#N)Cc3ccc(OCCN)c(c3)-c3cc2ccc3OCCN)c(C)c1. The Balaban J connectivity index is 1.70. The van der Waals surface area contributed by atoms with E-state index in [0.29, 0.717) is 39.4 Å². The van der Waals surface area contributed by atoms with Gasteiger partial charge in [0.15, 0.2) is 11.6 Å². The molecule has 4 atom stereocenters. The molecular weight excluding hydrogens is 815 g/mol. The second-order valence-corrected chi connectivity index (χ2v) is 16.5. The minimum Gasteiger partial charge on any atom is -0.492 e. The Kier molecular flexibility index (Phi) is 20.1. The summed E-state index contributed by atoms with van der Waals surface area (Å²) >= 11 is 0. The molecule has 4 bridgehead atoms. The van der Waals surface area contributed by atoms with Crippen LogP contribution in [0.1, 0.15) is 99.9 Å². The van der Waals surface area contributed by atoms with Crippen LogP contribution in [0.3, 0.4) is 0 Å². The fraction of sp³-hybridized carbons (Fsp3) is 0.490. The number of rotatable bonds is 22. The number of carbonyl (C=O) groups excluding carboxylic acids is 6. The van der Waals surface area contributed by atoms with Gasteiger partial charge in [-0.25, -0.2) is 0 Å². The number of hydrogen-bond donors (Lipinski definition) is 5. The Morgan fingerprint density at radius 2 is 1.59 bits per heavy atom. The van der Waals surface area contributed by atoms with Crippen LogP contribution in [0.5, 0.6) is 11.5 Å². The maximum absolute atomic E-state index is 14.6. The highest BCUT2D eigenvalue weighted by atomic mass is 16.5. The van der Waals surface area contributed by atoms with Crippen molar-refractivity contribution in [2.45, 2.75) is 103 Å². The highest BCUT2D eigenvalue weighted by Gasteiger charge is 2.36. The molecule has 344 valence electrons. The largest absolute Gasteiger partial charge is 0.492 e. The van der Waals surface area contributed by atoms with Crippen molar-refractivity contribution in [2.24, 2.45) is 29.0 Å². The lowest BCUT2D eigenvalue weighted by atomic mass is 9.88. The fourth-order valence-corrected chi connectivity index (χ4v) is 7.89. The Bertz CT molecular complexity index is 2170. The van der Waals surface area contributed by atoms with Gasteiger partial charge in [-0.15, -0.1) is 0 Å². The molecule has 1 heterocycles. The number of nitrogens with zero attached hydrogens (tertiary/aromatic N) is 2. The second-order valence-electron chi connectivity index (χ2n) is 16.5. The Morgan fingerprint density at radius 3 is 2.23 bits per heavy atom. The summed E-state index contributed by atoms with van der Waals surface area (Å²) in [6, 6.07) is 16.1. The number of Topliss-reactive ketones (excluding diaryl/α,β-unsaturated/α-hetero) is 3. The minimum atomic E-state index is -1.24. The third kappa shape index (κ3) is 14.3. The first-order chi connectivity index (χ1) is 30.7. The van der Waals surface area contributed by atoms with Gasteiger partial charge in [0.25, 0.3) is 0 Å². The zero-order chi connectivity index (χ0) is 46.8. The lowest BCUT2D eigenvalue weighted by molar-refractivity contribution is -0.143. The quantitative estimate of drug-likeness (QED) is 0.0892. The number of unbranched alkanes of at least 4 members (excludes halogenated alkanes) is 1. The first-order valence-corrected chi connectivity index (χ1v) is 22.3. The Morgan fingerprint density at radius 1 is 0.906 bits per heavy atom. The normalized spacial score (nSPS) is 16.7. The molecule has 4 rings (SSSR count). The van der Waals surface area contributed by atoms with Crippen LogP contribution in [0.4, 0.5) is 5.69 Å². The predicted octanol–water partition coefficient (Wildman–Crippen LogP) is 5.03. The molecule has 0 aliphatic carbocycles. The smallest absolute Gasteiger partial charge is 0.226 e. The highest BCUT2D eigenvalue weighted by Crippen LogP contribution is 2.41. The summed E-state index contributed by atoms with van der Waals surface area (Å²) in [5.74, 6) is -3.49. The molecule has 0 fully saturated rings. The van der Waals surface area contributed by atoms with Crippen LogP contribution in [0.2, 0.25) is 0 Å². The average Bonchev–Trinajstić information content (AvgIpc) is 3.28. The van der Waals surface area contributed by atoms with Gasteiger partial charge < -0.3 is 42.2 Å². The third-order valence-corrected chi connectivity index (χ3v) is 11.4. The van der Waals surface area contributed by atoms with Gasteiger partial charge in [-0.3, -0.25) is 28.8 Å². The van der Waals surface area contributed by atoms with E-state index in [0.717, 1.165) is 24.8 Å². The number of amides is 3. The molecule has 3 aromatic carbocycles. The van der Waals surface area contributed by atoms with Gasteiger partial charge in [0.2, 0.25) is 17.7 Å². The number of ketones is 3. The first-order valence-electron chi connectivity index (χ1n) is 22.3. The lowest BCUT2D eigenvalue weighted by Gasteiger charge is -2.32. The number of likely N-dealkylation sites (N-methyl/N-ethyl adjacent to an activating group) is 1. The van der Waals surface area contributed by atoms with Crippen LogP contribution < -0.4 is 37.3 Å². The summed E-state index contributed by atoms with van der Waals surface area (Å²) in [5, 5.41) is 14.9. The Hall–Kier alpha value is -5.95. The number of ether oxygens (including phenoxy) is 2. The van der Waals surface area contributed by atoms with E-state index in [1.54, 1.807) is 37.3 Å². The second kappa shape index (κ2) is 25.4. The molecule has 3 aromatic rings. The molecule has 1 aliphatic rings. The van der Waals surface area contributed by atoms with E-state index in [1.807, 2.05) is 31.2 Å². The third-order valence-electron chi connectivity index (χ3n) is 11.4. The zero-order valence-corrected chi connectivity index (χ0v) is 37.7. The topological polar surface area (TPSA) is 250 Å². The number of benzene rings is 3. The molecule has 0 radical (unpaired) electrons. The predicted molar refractivity (Wildman–Crippen MR) is 245 cm³/mol. The maximum Gasteiger partial charge on any atom is 0.226 e. The molecule has 0 unspecified atom stereocenters. The van der Waals surface area contributed by atoms with Crippen molar-refractivity contribution >= 4 is 40.8 Å². The van der Waals surface area contributed by atoms with E-state index in [4.69, 9.17) is 26.7 Å². The van der Waals surface area contributed by atoms with Crippen molar-refractivity contribution in [1.82, 2.24) is 10.2 Å². The molecule has 1 aliphatic heterocycles. The van der Waals surface area contributed by atoms with Gasteiger partial charge in [-0.2, -0.15) is 5.26 Å². The maximum atomic E-state index is 14.6. The van der Waals surface area contributed by atoms with E-state index in [2.05, 4.69) is 23.6 Å². The summed E-state index contributed by atoms with van der Waals surface area (Å²) < 4.78 is 12.2. The minimum absolute atomic E-state index is 0.0347. The standard InChI is InChI=1S/C49H65N7O8/c1-5-6-8-33-10-14-40(31(2)25-33)54-46(60)17-13-37(57)29-36(18-20-51)49(62)56(4)47-35-12-16-45(64-24-22-53)39(30-35)38-27-34(11-15-44(38)63-23-21-52)28-41(42(58)9-7-19-50)55-48(61)32(3)26-43(47)59/h10-12,14-16,25,27,30,32,36,41,47H,5-9,13,17-18,20-24,26,28-29,51-53H2,1-4H3,(H,54,60)(H,55,61)/t32-,36-,41+,47+/m1/s1. The number of carbonyl (C=O) groups is 6. The van der Waals surface area contributed by atoms with Gasteiger partial charge in [-0.05, 0) is 91.7 Å². The van der Waals surface area contributed by atoms with Crippen molar-refractivity contribution in [3.05, 3.63) is 76.9 Å². The van der Waals surface area contributed by atoms with E-state index in [1.165, 1.54) is 17.5 Å². The monoisotopic (exact) mass is 879 g/mol. The molecular formula is C49H65N7O8. The lowest BCUT2D eigenvalue weighted by Crippen LogP contribution is -2.46. The molecule has 0 saturated carbocycles. The van der Waals surface area contributed by atoms with Gasteiger partial charge in [0, 0.05) is 87.3 Å². The van der Waals surface area contributed by atoms with Crippen molar-refractivity contribution < 1.29 is 38.2 Å². The van der Waals surface area contributed by atoms with Crippen molar-refractivity contribution in [3.8, 4) is 28.7 Å². The molecule has 15 heteroatoms. The molecule has 0 saturated heterocycles. The van der Waals surface area contributed by atoms with E-state index < -0.39 is 41.5 Å². The number of aryl methyl sites for hydroxylation is 2. The molecule has 0 spiro atoms. The van der Waals surface area contributed by atoms with Crippen LogP contribution in [-0.2, 0) is 41.6 Å². The zero-order valence-electron chi connectivity index (χ0n) is 37.7. The highest BCUT2D eigenvalue weighted by molar-refractivity contribution is 5.97. The average molecular weight is 880 g/mol. The van der Waals surface area contributed by atoms with Crippen LogP contribution in [0, 0.1) is 30.1 Å². The van der Waals surface area contributed by atoms with Crippen molar-refractivity contribution in [1.29, 1.82) is 5.26 Å². The van der Waals surface area contributed by atoms with E-state index >= 15 is 0 Å². The number of nitriles is 1. The summed E-state index contributed by atoms with van der Waals surface area (Å²) in [7, 11) is 1.48. The van der Waals surface area contributed by atoms with Gasteiger partial charge in [0.1, 0.15) is 36.5 Å². The Labute approximate surface area is 376 Å². The summed E-state index contributed by atoms with van der Waals surface area (Å²) in [5.41, 5.74) is 22.6. The van der Waals surface area contributed by atoms with Crippen LogP contribution in [0.25, 0.3) is 11.1 Å². The number of fused-ring (bicyclic) bond motifs is 5. The van der Waals surface area contributed by atoms with E-state index in [-0.39, 0.29) is 102 Å². The van der Waals surface area contributed by atoms with Gasteiger partial charge in [-0.1, -0.05) is 44.5 Å². The first kappa shape index (κ1) is 50.7. The van der Waals surface area contributed by atoms with Crippen molar-refractivity contribution in [2.75, 3.05) is 45.2 Å². The van der Waals surface area contributed by atoms with Gasteiger partial charge >= 0.3 is 0 Å². The van der Waals surface area contributed by atoms with E-state index in [9.17, 15) is 34.0 Å². The fourth-order valence-electron chi connectivity index (χ4n) is 7.89. The number of nitrogens with one attached hydrogen (secondary N) is 2. The summed E-state index contributed by atoms with van der Waals surface area (Å²) in [6.45, 7) is 6.47.